The minimum Gasteiger partial charge on any atom is -0.369 e. The predicted molar refractivity (Wildman–Crippen MR) is 86.4 cm³/mol. The first kappa shape index (κ1) is 15.0. The number of aromatic nitrogens is 1. The fourth-order valence-corrected chi connectivity index (χ4v) is 3.71. The lowest BCUT2D eigenvalue weighted by Gasteiger charge is -2.17. The lowest BCUT2D eigenvalue weighted by molar-refractivity contribution is -0.119. The number of primary amides is 1. The topological polar surface area (TPSA) is 85.1 Å². The van der Waals surface area contributed by atoms with Gasteiger partial charge in [-0.15, -0.1) is 11.3 Å². The van der Waals surface area contributed by atoms with Gasteiger partial charge in [-0.05, 0) is 43.5 Å². The Kier molecular flexibility index (Phi) is 4.13. The molecule has 2 amide bonds. The number of benzene rings is 1. The van der Waals surface area contributed by atoms with Crippen molar-refractivity contribution in [2.45, 2.75) is 25.2 Å². The predicted octanol–water partition coefficient (Wildman–Crippen LogP) is 2.95. The molecule has 114 valence electrons. The fourth-order valence-electron chi connectivity index (χ4n) is 2.52. The molecule has 5 nitrogen and oxygen atoms in total. The van der Waals surface area contributed by atoms with Gasteiger partial charge in [0.25, 0.3) is 5.91 Å². The lowest BCUT2D eigenvalue weighted by atomic mass is 9.91. The van der Waals surface area contributed by atoms with Crippen LogP contribution in [0.2, 0.25) is 5.02 Å². The van der Waals surface area contributed by atoms with Gasteiger partial charge in [0.05, 0.1) is 11.6 Å². The van der Waals surface area contributed by atoms with Crippen molar-refractivity contribution in [2.75, 3.05) is 5.32 Å². The molecule has 1 atom stereocenters. The molecule has 0 radical (unpaired) electrons. The van der Waals surface area contributed by atoms with Crippen molar-refractivity contribution < 1.29 is 9.59 Å². The zero-order chi connectivity index (χ0) is 15.7. The minimum atomic E-state index is -0.359. The standard InChI is InChI=1S/C15H14ClN3O2S/c16-9-6-4-8(5-7-9)14(21)19-15-18-12-10(13(17)20)2-1-3-11(12)22-15/h4-7,10H,1-3H2,(H2,17,20)(H,18,19,21). The smallest absolute Gasteiger partial charge is 0.257 e. The summed E-state index contributed by atoms with van der Waals surface area (Å²) in [6.07, 6.45) is 2.50. The number of anilines is 1. The number of hydrogen-bond donors (Lipinski definition) is 2. The SMILES string of the molecule is NC(=O)C1CCCc2sc(NC(=O)c3ccc(Cl)cc3)nc21. The number of aryl methyl sites for hydroxylation is 1. The van der Waals surface area contributed by atoms with Gasteiger partial charge in [-0.2, -0.15) is 0 Å². The maximum atomic E-state index is 12.2. The summed E-state index contributed by atoms with van der Waals surface area (Å²) < 4.78 is 0. The van der Waals surface area contributed by atoms with Gasteiger partial charge < -0.3 is 5.73 Å². The van der Waals surface area contributed by atoms with Crippen molar-refractivity contribution in [2.24, 2.45) is 5.73 Å². The second kappa shape index (κ2) is 6.06. The molecule has 3 N–H and O–H groups in total. The van der Waals surface area contributed by atoms with Gasteiger partial charge in [-0.25, -0.2) is 4.98 Å². The summed E-state index contributed by atoms with van der Waals surface area (Å²) >= 11 is 7.21. The van der Waals surface area contributed by atoms with Gasteiger partial charge in [0.1, 0.15) is 0 Å². The summed E-state index contributed by atoms with van der Waals surface area (Å²) in [7, 11) is 0. The van der Waals surface area contributed by atoms with E-state index in [4.69, 9.17) is 17.3 Å². The summed E-state index contributed by atoms with van der Waals surface area (Å²) in [5, 5.41) is 3.84. The van der Waals surface area contributed by atoms with Gasteiger partial charge in [0.15, 0.2) is 5.13 Å². The Bertz CT molecular complexity index is 727. The van der Waals surface area contributed by atoms with Crippen LogP contribution in [-0.2, 0) is 11.2 Å². The zero-order valence-corrected chi connectivity index (χ0v) is 13.2. The van der Waals surface area contributed by atoms with E-state index in [9.17, 15) is 9.59 Å². The number of nitrogens with one attached hydrogen (secondary N) is 1. The number of nitrogens with zero attached hydrogens (tertiary/aromatic N) is 1. The number of carbonyl (C=O) groups excluding carboxylic acids is 2. The van der Waals surface area contributed by atoms with Gasteiger partial charge in [0.2, 0.25) is 5.91 Å². The largest absolute Gasteiger partial charge is 0.369 e. The molecule has 0 fully saturated rings. The van der Waals surface area contributed by atoms with E-state index in [-0.39, 0.29) is 17.7 Å². The number of nitrogens with two attached hydrogens (primary N) is 1. The number of carbonyl (C=O) groups is 2. The van der Waals surface area contributed by atoms with Crippen LogP contribution in [0.1, 0.15) is 39.7 Å². The molecule has 1 aromatic carbocycles. The Morgan fingerprint density at radius 3 is 2.73 bits per heavy atom. The molecule has 2 aromatic rings. The van der Waals surface area contributed by atoms with Crippen molar-refractivity contribution in [3.05, 3.63) is 45.4 Å². The Labute approximate surface area is 136 Å². The summed E-state index contributed by atoms with van der Waals surface area (Å²) in [6.45, 7) is 0. The second-order valence-corrected chi connectivity index (χ2v) is 6.66. The van der Waals surface area contributed by atoms with Crippen LogP contribution >= 0.6 is 22.9 Å². The molecule has 7 heteroatoms. The van der Waals surface area contributed by atoms with Crippen LogP contribution in [0.25, 0.3) is 0 Å². The number of halogens is 1. The zero-order valence-electron chi connectivity index (χ0n) is 11.6. The van der Waals surface area contributed by atoms with Crippen molar-refractivity contribution >= 4 is 39.9 Å². The van der Waals surface area contributed by atoms with Crippen LogP contribution in [0, 0.1) is 0 Å². The molecule has 0 saturated heterocycles. The summed E-state index contributed by atoms with van der Waals surface area (Å²) in [6, 6.07) is 6.62. The summed E-state index contributed by atoms with van der Waals surface area (Å²) in [5.41, 5.74) is 6.65. The third kappa shape index (κ3) is 2.98. The van der Waals surface area contributed by atoms with Crippen LogP contribution in [0.3, 0.4) is 0 Å². The first-order valence-electron chi connectivity index (χ1n) is 6.90. The number of thiazole rings is 1. The molecule has 1 aliphatic rings. The highest BCUT2D eigenvalue weighted by Crippen LogP contribution is 2.36. The molecule has 1 heterocycles. The van der Waals surface area contributed by atoms with E-state index in [2.05, 4.69) is 10.3 Å². The van der Waals surface area contributed by atoms with E-state index in [0.717, 1.165) is 29.8 Å². The molecular weight excluding hydrogens is 322 g/mol. The maximum Gasteiger partial charge on any atom is 0.257 e. The monoisotopic (exact) mass is 335 g/mol. The van der Waals surface area contributed by atoms with E-state index < -0.39 is 0 Å². The third-order valence-electron chi connectivity index (χ3n) is 3.62. The van der Waals surface area contributed by atoms with Gasteiger partial charge in [-0.1, -0.05) is 11.6 Å². The van der Waals surface area contributed by atoms with Gasteiger partial charge in [-0.3, -0.25) is 14.9 Å². The first-order valence-corrected chi connectivity index (χ1v) is 8.10. The first-order chi connectivity index (χ1) is 10.5. The molecular formula is C15H14ClN3O2S. The molecule has 0 spiro atoms. The third-order valence-corrected chi connectivity index (χ3v) is 4.92. The summed E-state index contributed by atoms with van der Waals surface area (Å²) in [4.78, 5) is 29.1. The van der Waals surface area contributed by atoms with Crippen molar-refractivity contribution in [3.63, 3.8) is 0 Å². The average Bonchev–Trinajstić information content (AvgIpc) is 2.89. The van der Waals surface area contributed by atoms with Crippen LogP contribution in [-0.4, -0.2) is 16.8 Å². The molecule has 1 aromatic heterocycles. The van der Waals surface area contributed by atoms with Gasteiger partial charge in [0, 0.05) is 15.5 Å². The van der Waals surface area contributed by atoms with E-state index in [1.165, 1.54) is 11.3 Å². The molecule has 0 aliphatic heterocycles. The average molecular weight is 336 g/mol. The quantitative estimate of drug-likeness (QED) is 0.904. The van der Waals surface area contributed by atoms with Crippen molar-refractivity contribution in [3.8, 4) is 0 Å². The Morgan fingerprint density at radius 1 is 1.32 bits per heavy atom. The number of amides is 2. The van der Waals surface area contributed by atoms with Crippen LogP contribution < -0.4 is 11.1 Å². The lowest BCUT2D eigenvalue weighted by Crippen LogP contribution is -2.24. The van der Waals surface area contributed by atoms with Crippen molar-refractivity contribution in [1.29, 1.82) is 0 Å². The van der Waals surface area contributed by atoms with Gasteiger partial charge >= 0.3 is 0 Å². The number of rotatable bonds is 3. The Hall–Kier alpha value is -1.92. The highest BCUT2D eigenvalue weighted by Gasteiger charge is 2.29. The highest BCUT2D eigenvalue weighted by molar-refractivity contribution is 7.15. The van der Waals surface area contributed by atoms with E-state index >= 15 is 0 Å². The Balaban J connectivity index is 1.80. The van der Waals surface area contributed by atoms with Crippen LogP contribution in [0.5, 0.6) is 0 Å². The summed E-state index contributed by atoms with van der Waals surface area (Å²) in [5.74, 6) is -0.957. The van der Waals surface area contributed by atoms with Crippen LogP contribution in [0.4, 0.5) is 5.13 Å². The van der Waals surface area contributed by atoms with E-state index in [1.807, 2.05) is 0 Å². The van der Waals surface area contributed by atoms with E-state index in [1.54, 1.807) is 24.3 Å². The molecule has 0 saturated carbocycles. The molecule has 1 aliphatic carbocycles. The molecule has 22 heavy (non-hydrogen) atoms. The fraction of sp³-hybridized carbons (Fsp3) is 0.267. The maximum absolute atomic E-state index is 12.2. The van der Waals surface area contributed by atoms with E-state index in [0.29, 0.717) is 15.7 Å². The number of fused-ring (bicyclic) bond motifs is 1. The second-order valence-electron chi connectivity index (χ2n) is 5.14. The molecule has 3 rings (SSSR count). The highest BCUT2D eigenvalue weighted by atomic mass is 35.5. The Morgan fingerprint density at radius 2 is 2.05 bits per heavy atom. The molecule has 0 bridgehead atoms. The molecule has 1 unspecified atom stereocenters. The number of hydrogen-bond acceptors (Lipinski definition) is 4. The van der Waals surface area contributed by atoms with Crippen LogP contribution in [0.15, 0.2) is 24.3 Å². The minimum absolute atomic E-state index is 0.251. The normalized spacial score (nSPS) is 16.9. The van der Waals surface area contributed by atoms with Crippen molar-refractivity contribution in [1.82, 2.24) is 4.98 Å².